The molecule has 6 heteroatoms. The van der Waals surface area contributed by atoms with Gasteiger partial charge in [0.2, 0.25) is 5.91 Å². The van der Waals surface area contributed by atoms with E-state index in [1.807, 2.05) is 54.8 Å². The summed E-state index contributed by atoms with van der Waals surface area (Å²) in [6, 6.07) is 11.7. The second kappa shape index (κ2) is 6.93. The second-order valence-electron chi connectivity index (χ2n) is 8.49. The molecule has 2 aromatic rings. The van der Waals surface area contributed by atoms with Crippen LogP contribution in [0.25, 0.3) is 0 Å². The van der Waals surface area contributed by atoms with Crippen LogP contribution in [0.1, 0.15) is 43.1 Å². The predicted octanol–water partition coefficient (Wildman–Crippen LogP) is 3.10. The predicted molar refractivity (Wildman–Crippen MR) is 110 cm³/mol. The van der Waals surface area contributed by atoms with Crippen molar-refractivity contribution in [1.82, 2.24) is 9.88 Å². The van der Waals surface area contributed by atoms with Gasteiger partial charge >= 0.3 is 0 Å². The van der Waals surface area contributed by atoms with Gasteiger partial charge in [-0.3, -0.25) is 9.59 Å². The minimum absolute atomic E-state index is 0.0287. The quantitative estimate of drug-likeness (QED) is 0.891. The molecule has 2 amide bonds. The van der Waals surface area contributed by atoms with E-state index in [1.165, 1.54) is 5.56 Å². The fourth-order valence-electron chi connectivity index (χ4n) is 3.97. The number of aromatic nitrogens is 1. The van der Waals surface area contributed by atoms with Crippen molar-refractivity contribution in [3.8, 4) is 0 Å². The third-order valence-corrected chi connectivity index (χ3v) is 5.43. The lowest BCUT2D eigenvalue weighted by Crippen LogP contribution is -2.43. The van der Waals surface area contributed by atoms with Crippen molar-refractivity contribution in [2.24, 2.45) is 0 Å². The smallest absolute Gasteiger partial charge is 0.259 e. The van der Waals surface area contributed by atoms with Crippen molar-refractivity contribution < 1.29 is 9.59 Å². The molecule has 0 radical (unpaired) electrons. The van der Waals surface area contributed by atoms with Gasteiger partial charge in [-0.15, -0.1) is 0 Å². The van der Waals surface area contributed by atoms with Gasteiger partial charge in [0.15, 0.2) is 0 Å². The average Bonchev–Trinajstić information content (AvgIpc) is 3.25. The summed E-state index contributed by atoms with van der Waals surface area (Å²) < 4.78 is 0. The maximum Gasteiger partial charge on any atom is 0.259 e. The van der Waals surface area contributed by atoms with Gasteiger partial charge < -0.3 is 15.1 Å². The summed E-state index contributed by atoms with van der Waals surface area (Å²) in [6.45, 7) is 7.49. The van der Waals surface area contributed by atoms with Gasteiger partial charge in [0.1, 0.15) is 5.82 Å². The van der Waals surface area contributed by atoms with E-state index in [2.05, 4.69) is 16.4 Å². The molecule has 1 saturated heterocycles. The fourth-order valence-corrected chi connectivity index (χ4v) is 3.97. The standard InChI is InChI=1S/C22H26N4O2/c1-22(2,3)26-14-17(12-20(26)27)24-19-9-8-16(13-23-19)21(28)25-11-10-15-6-4-5-7-18(15)25/h4-9,13,17H,10-12,14H2,1-3H3,(H,23,24). The number of amides is 2. The monoisotopic (exact) mass is 378 g/mol. The Morgan fingerprint density at radius 1 is 1.18 bits per heavy atom. The number of carbonyl (C=O) groups is 2. The number of para-hydroxylation sites is 1. The zero-order valence-electron chi connectivity index (χ0n) is 16.6. The number of hydrogen-bond donors (Lipinski definition) is 1. The van der Waals surface area contributed by atoms with Crippen molar-refractivity contribution in [2.45, 2.75) is 45.2 Å². The molecule has 1 fully saturated rings. The number of pyridine rings is 1. The topological polar surface area (TPSA) is 65.5 Å². The Balaban J connectivity index is 1.42. The van der Waals surface area contributed by atoms with Crippen molar-refractivity contribution in [3.05, 3.63) is 53.7 Å². The maximum absolute atomic E-state index is 12.9. The highest BCUT2D eigenvalue weighted by atomic mass is 16.2. The highest BCUT2D eigenvalue weighted by Crippen LogP contribution is 2.29. The minimum Gasteiger partial charge on any atom is -0.365 e. The third kappa shape index (κ3) is 3.46. The molecular formula is C22H26N4O2. The molecule has 0 spiro atoms. The number of anilines is 2. The highest BCUT2D eigenvalue weighted by molar-refractivity contribution is 6.07. The van der Waals surface area contributed by atoms with E-state index >= 15 is 0 Å². The first kappa shape index (κ1) is 18.5. The fraction of sp³-hybridized carbons (Fsp3) is 0.409. The Bertz CT molecular complexity index is 901. The van der Waals surface area contributed by atoms with Crippen molar-refractivity contribution in [1.29, 1.82) is 0 Å². The van der Waals surface area contributed by atoms with E-state index < -0.39 is 0 Å². The Morgan fingerprint density at radius 2 is 1.96 bits per heavy atom. The molecular weight excluding hydrogens is 352 g/mol. The van der Waals surface area contributed by atoms with Gasteiger partial charge in [-0.05, 0) is 51.0 Å². The van der Waals surface area contributed by atoms with Crippen LogP contribution < -0.4 is 10.2 Å². The van der Waals surface area contributed by atoms with E-state index in [4.69, 9.17) is 0 Å². The Hall–Kier alpha value is -2.89. The van der Waals surface area contributed by atoms with Crippen LogP contribution in [-0.2, 0) is 11.2 Å². The molecule has 1 unspecified atom stereocenters. The second-order valence-corrected chi connectivity index (χ2v) is 8.49. The molecule has 0 saturated carbocycles. The summed E-state index contributed by atoms with van der Waals surface area (Å²) in [6.07, 6.45) is 2.96. The summed E-state index contributed by atoms with van der Waals surface area (Å²) in [5.74, 6) is 0.815. The molecule has 2 aliphatic rings. The lowest BCUT2D eigenvalue weighted by molar-refractivity contribution is -0.131. The number of benzene rings is 1. The molecule has 146 valence electrons. The molecule has 1 aromatic carbocycles. The van der Waals surface area contributed by atoms with E-state index in [0.717, 1.165) is 12.1 Å². The SMILES string of the molecule is CC(C)(C)N1CC(Nc2ccc(C(=O)N3CCc4ccccc43)cn2)CC1=O. The van der Waals surface area contributed by atoms with Gasteiger partial charge in [0, 0.05) is 36.9 Å². The number of likely N-dealkylation sites (tertiary alicyclic amines) is 1. The van der Waals surface area contributed by atoms with Crippen LogP contribution in [0, 0.1) is 0 Å². The molecule has 0 bridgehead atoms. The molecule has 28 heavy (non-hydrogen) atoms. The maximum atomic E-state index is 12.9. The summed E-state index contributed by atoms with van der Waals surface area (Å²) >= 11 is 0. The zero-order chi connectivity index (χ0) is 19.9. The zero-order valence-corrected chi connectivity index (χ0v) is 16.6. The largest absolute Gasteiger partial charge is 0.365 e. The van der Waals surface area contributed by atoms with E-state index in [9.17, 15) is 9.59 Å². The molecule has 3 heterocycles. The molecule has 2 aliphatic heterocycles. The first-order valence-corrected chi connectivity index (χ1v) is 9.76. The Kier molecular flexibility index (Phi) is 4.57. The van der Waals surface area contributed by atoms with Crippen LogP contribution in [0.15, 0.2) is 42.6 Å². The molecule has 6 nitrogen and oxygen atoms in total. The Labute approximate surface area is 165 Å². The van der Waals surface area contributed by atoms with Crippen LogP contribution in [-0.4, -0.2) is 46.4 Å². The van der Waals surface area contributed by atoms with Crippen LogP contribution in [0.2, 0.25) is 0 Å². The summed E-state index contributed by atoms with van der Waals surface area (Å²) in [5, 5.41) is 3.33. The van der Waals surface area contributed by atoms with Gasteiger partial charge in [-0.1, -0.05) is 18.2 Å². The van der Waals surface area contributed by atoms with Crippen molar-refractivity contribution >= 4 is 23.3 Å². The van der Waals surface area contributed by atoms with Gasteiger partial charge in [-0.25, -0.2) is 4.98 Å². The lowest BCUT2D eigenvalue weighted by Gasteiger charge is -2.32. The number of fused-ring (bicyclic) bond motifs is 1. The lowest BCUT2D eigenvalue weighted by atomic mass is 10.1. The van der Waals surface area contributed by atoms with Gasteiger partial charge in [0.25, 0.3) is 5.91 Å². The first-order valence-electron chi connectivity index (χ1n) is 9.76. The van der Waals surface area contributed by atoms with Crippen LogP contribution in [0.3, 0.4) is 0 Å². The summed E-state index contributed by atoms with van der Waals surface area (Å²) in [4.78, 5) is 33.2. The van der Waals surface area contributed by atoms with Gasteiger partial charge in [0.05, 0.1) is 11.6 Å². The highest BCUT2D eigenvalue weighted by Gasteiger charge is 2.36. The number of carbonyl (C=O) groups excluding carboxylic acids is 2. The Morgan fingerprint density at radius 3 is 2.64 bits per heavy atom. The van der Waals surface area contributed by atoms with E-state index in [0.29, 0.717) is 30.9 Å². The van der Waals surface area contributed by atoms with E-state index in [-0.39, 0.29) is 23.4 Å². The molecule has 0 aliphatic carbocycles. The minimum atomic E-state index is -0.177. The van der Waals surface area contributed by atoms with E-state index in [1.54, 1.807) is 12.3 Å². The molecule has 4 rings (SSSR count). The number of nitrogens with zero attached hydrogens (tertiary/aromatic N) is 3. The van der Waals surface area contributed by atoms with Crippen molar-refractivity contribution in [3.63, 3.8) is 0 Å². The van der Waals surface area contributed by atoms with Crippen LogP contribution in [0.5, 0.6) is 0 Å². The van der Waals surface area contributed by atoms with Crippen LogP contribution in [0.4, 0.5) is 11.5 Å². The first-order chi connectivity index (χ1) is 13.3. The summed E-state index contributed by atoms with van der Waals surface area (Å²) in [7, 11) is 0. The van der Waals surface area contributed by atoms with Gasteiger partial charge in [-0.2, -0.15) is 0 Å². The molecule has 1 aromatic heterocycles. The third-order valence-electron chi connectivity index (χ3n) is 5.43. The molecule has 1 N–H and O–H groups in total. The number of rotatable bonds is 3. The normalized spacial score (nSPS) is 19.1. The summed E-state index contributed by atoms with van der Waals surface area (Å²) in [5.41, 5.74) is 2.59. The number of hydrogen-bond acceptors (Lipinski definition) is 4. The van der Waals surface area contributed by atoms with Crippen LogP contribution >= 0.6 is 0 Å². The van der Waals surface area contributed by atoms with Crippen molar-refractivity contribution in [2.75, 3.05) is 23.3 Å². The molecule has 1 atom stereocenters. The number of nitrogens with one attached hydrogen (secondary N) is 1. The average molecular weight is 378 g/mol.